The Labute approximate surface area is 183 Å². The number of ketones is 2. The summed E-state index contributed by atoms with van der Waals surface area (Å²) in [5.41, 5.74) is 1.35. The highest BCUT2D eigenvalue weighted by Crippen LogP contribution is 2.29. The minimum atomic E-state index is -0.127. The molecule has 0 radical (unpaired) electrons. The van der Waals surface area contributed by atoms with Crippen LogP contribution in [0.4, 0.5) is 0 Å². The predicted molar refractivity (Wildman–Crippen MR) is 115 cm³/mol. The van der Waals surface area contributed by atoms with Crippen molar-refractivity contribution in [1.29, 1.82) is 0 Å². The molecule has 2 aliphatic heterocycles. The van der Waals surface area contributed by atoms with Crippen molar-refractivity contribution in [2.45, 2.75) is 24.1 Å². The lowest BCUT2D eigenvalue weighted by atomic mass is 10.1. The van der Waals surface area contributed by atoms with E-state index in [0.29, 0.717) is 48.7 Å². The maximum atomic E-state index is 11.8. The molecule has 4 nitrogen and oxygen atoms in total. The van der Waals surface area contributed by atoms with Crippen molar-refractivity contribution in [1.82, 2.24) is 0 Å². The van der Waals surface area contributed by atoms with E-state index in [1.165, 1.54) is 0 Å². The molecule has 1 unspecified atom stereocenters. The molecule has 0 saturated carbocycles. The number of hydrogen-bond acceptors (Lipinski definition) is 4. The zero-order valence-corrected chi connectivity index (χ0v) is 19.1. The first-order chi connectivity index (χ1) is 13.0. The molecular weight excluding hydrogens is 544 g/mol. The van der Waals surface area contributed by atoms with Crippen LogP contribution in [0.5, 0.6) is 11.5 Å². The maximum absolute atomic E-state index is 11.8. The molecule has 0 bridgehead atoms. The number of alkyl halides is 1. The molecule has 4 rings (SSSR count). The van der Waals surface area contributed by atoms with Crippen LogP contribution in [-0.4, -0.2) is 29.6 Å². The highest BCUT2D eigenvalue weighted by molar-refractivity contribution is 9.11. The van der Waals surface area contributed by atoms with Crippen LogP contribution in [0.3, 0.4) is 0 Å². The molecular formula is C20H17Br3O4. The highest BCUT2D eigenvalue weighted by atomic mass is 79.9. The summed E-state index contributed by atoms with van der Waals surface area (Å²) in [5.74, 6) is 1.67. The fourth-order valence-electron chi connectivity index (χ4n) is 2.79. The van der Waals surface area contributed by atoms with Crippen LogP contribution in [0.2, 0.25) is 0 Å². The maximum Gasteiger partial charge on any atom is 0.180 e. The summed E-state index contributed by atoms with van der Waals surface area (Å²) in [4.78, 5) is 23.3. The Morgan fingerprint density at radius 1 is 0.852 bits per heavy atom. The second kappa shape index (κ2) is 9.34. The third kappa shape index (κ3) is 5.21. The van der Waals surface area contributed by atoms with Gasteiger partial charge in [0.2, 0.25) is 0 Å². The van der Waals surface area contributed by atoms with Gasteiger partial charge in [-0.25, -0.2) is 0 Å². The normalized spacial score (nSPS) is 18.6. The van der Waals surface area contributed by atoms with Crippen molar-refractivity contribution in [3.63, 3.8) is 0 Å². The Morgan fingerprint density at radius 2 is 1.44 bits per heavy atom. The second-order valence-electron chi connectivity index (χ2n) is 6.13. The number of halogens is 3. The molecule has 7 heteroatoms. The van der Waals surface area contributed by atoms with Gasteiger partial charge >= 0.3 is 0 Å². The fourth-order valence-corrected chi connectivity index (χ4v) is 3.94. The third-order valence-electron chi connectivity index (χ3n) is 4.17. The zero-order chi connectivity index (χ0) is 19.4. The minimum Gasteiger partial charge on any atom is -0.493 e. The molecule has 0 N–H and O–H groups in total. The van der Waals surface area contributed by atoms with Gasteiger partial charge in [0.15, 0.2) is 11.6 Å². The number of Topliss-reactive ketones (excluding diaryl/α,β-unsaturated/α-hetero) is 2. The lowest BCUT2D eigenvalue weighted by Gasteiger charge is -2.05. The number of benzene rings is 2. The third-order valence-corrected chi connectivity index (χ3v) is 6.03. The molecule has 0 saturated heterocycles. The Morgan fingerprint density at radius 3 is 2.15 bits per heavy atom. The number of rotatable bonds is 0. The van der Waals surface area contributed by atoms with Crippen LogP contribution in [0.15, 0.2) is 45.3 Å². The van der Waals surface area contributed by atoms with Gasteiger partial charge in [-0.2, -0.15) is 0 Å². The first-order valence-electron chi connectivity index (χ1n) is 8.52. The molecule has 0 fully saturated rings. The SMILES string of the molecule is O=C1CCCOc2ccc(Br)cc21.O=C1c2cc(Br)ccc2OCCC1Br. The molecule has 2 aromatic carbocycles. The van der Waals surface area contributed by atoms with Crippen LogP contribution >= 0.6 is 47.8 Å². The van der Waals surface area contributed by atoms with Crippen molar-refractivity contribution >= 4 is 59.4 Å². The molecule has 27 heavy (non-hydrogen) atoms. The van der Waals surface area contributed by atoms with Crippen LogP contribution in [0.1, 0.15) is 40.0 Å². The van der Waals surface area contributed by atoms with Crippen LogP contribution in [0, 0.1) is 0 Å². The molecule has 1 atom stereocenters. The summed E-state index contributed by atoms with van der Waals surface area (Å²) in [5, 5.41) is 0. The van der Waals surface area contributed by atoms with Gasteiger partial charge < -0.3 is 9.47 Å². The Kier molecular flexibility index (Phi) is 7.11. The number of hydrogen-bond donors (Lipinski definition) is 0. The predicted octanol–water partition coefficient (Wildman–Crippen LogP) is 5.98. The molecule has 2 aromatic rings. The molecule has 2 aliphatic rings. The lowest BCUT2D eigenvalue weighted by molar-refractivity contribution is 0.0978. The van der Waals surface area contributed by atoms with E-state index in [1.54, 1.807) is 6.07 Å². The number of carbonyl (C=O) groups is 2. The van der Waals surface area contributed by atoms with E-state index in [9.17, 15) is 9.59 Å². The van der Waals surface area contributed by atoms with E-state index in [0.717, 1.165) is 15.4 Å². The van der Waals surface area contributed by atoms with Gasteiger partial charge in [0.05, 0.1) is 29.2 Å². The van der Waals surface area contributed by atoms with Gasteiger partial charge in [-0.05, 0) is 42.8 Å². The van der Waals surface area contributed by atoms with Gasteiger partial charge in [-0.1, -0.05) is 47.8 Å². The summed E-state index contributed by atoms with van der Waals surface area (Å²) >= 11 is 10.0. The average Bonchev–Trinajstić information content (AvgIpc) is 2.91. The van der Waals surface area contributed by atoms with E-state index in [1.807, 2.05) is 30.3 Å². The van der Waals surface area contributed by atoms with Gasteiger partial charge in [-0.3, -0.25) is 9.59 Å². The van der Waals surface area contributed by atoms with Crippen molar-refractivity contribution in [3.05, 3.63) is 56.5 Å². The average molecular weight is 561 g/mol. The standard InChI is InChI=1S/C10H8Br2O2.C10H9BrO2/c11-6-1-2-9-7(5-6)10(13)8(12)3-4-14-9;11-7-3-4-10-8(6-7)9(12)2-1-5-13-10/h1-2,5,8H,3-4H2;3-4,6H,1-2,5H2. The molecule has 0 amide bonds. The second-order valence-corrected chi connectivity index (χ2v) is 9.06. The number of carbonyl (C=O) groups excluding carboxylic acids is 2. The molecule has 0 aliphatic carbocycles. The Hall–Kier alpha value is -1.18. The summed E-state index contributed by atoms with van der Waals surface area (Å²) in [6.07, 6.45) is 2.11. The molecule has 2 heterocycles. The summed E-state index contributed by atoms with van der Waals surface area (Å²) in [6, 6.07) is 11.0. The Balaban J connectivity index is 0.000000156. The van der Waals surface area contributed by atoms with Gasteiger partial charge in [-0.15, -0.1) is 0 Å². The van der Waals surface area contributed by atoms with Crippen LogP contribution in [0.25, 0.3) is 0 Å². The van der Waals surface area contributed by atoms with Crippen molar-refractivity contribution < 1.29 is 19.1 Å². The van der Waals surface area contributed by atoms with Crippen molar-refractivity contribution in [2.24, 2.45) is 0 Å². The molecule has 0 spiro atoms. The van der Waals surface area contributed by atoms with Crippen molar-refractivity contribution in [2.75, 3.05) is 13.2 Å². The van der Waals surface area contributed by atoms with Gasteiger partial charge in [0.1, 0.15) is 11.5 Å². The van der Waals surface area contributed by atoms with E-state index >= 15 is 0 Å². The smallest absolute Gasteiger partial charge is 0.180 e. The van der Waals surface area contributed by atoms with Gasteiger partial charge in [0.25, 0.3) is 0 Å². The molecule has 142 valence electrons. The van der Waals surface area contributed by atoms with Crippen LogP contribution < -0.4 is 9.47 Å². The Bertz CT molecular complexity index is 866. The van der Waals surface area contributed by atoms with E-state index in [2.05, 4.69) is 47.8 Å². The first kappa shape index (κ1) is 20.6. The van der Waals surface area contributed by atoms with Gasteiger partial charge in [0, 0.05) is 21.8 Å². The van der Waals surface area contributed by atoms with E-state index in [-0.39, 0.29) is 16.4 Å². The van der Waals surface area contributed by atoms with E-state index < -0.39 is 0 Å². The number of ether oxygens (including phenoxy) is 2. The van der Waals surface area contributed by atoms with Crippen LogP contribution in [-0.2, 0) is 0 Å². The largest absolute Gasteiger partial charge is 0.493 e. The molecule has 0 aromatic heterocycles. The first-order valence-corrected chi connectivity index (χ1v) is 11.0. The minimum absolute atomic E-state index is 0.0961. The van der Waals surface area contributed by atoms with E-state index in [4.69, 9.17) is 9.47 Å². The summed E-state index contributed by atoms with van der Waals surface area (Å²) < 4.78 is 12.7. The summed E-state index contributed by atoms with van der Waals surface area (Å²) in [7, 11) is 0. The zero-order valence-electron chi connectivity index (χ0n) is 14.3. The topological polar surface area (TPSA) is 52.6 Å². The highest BCUT2D eigenvalue weighted by Gasteiger charge is 2.24. The quantitative estimate of drug-likeness (QED) is 0.372. The number of fused-ring (bicyclic) bond motifs is 2. The summed E-state index contributed by atoms with van der Waals surface area (Å²) in [6.45, 7) is 1.22. The lowest BCUT2D eigenvalue weighted by Crippen LogP contribution is -2.12. The monoisotopic (exact) mass is 558 g/mol. The van der Waals surface area contributed by atoms with Crippen molar-refractivity contribution in [3.8, 4) is 11.5 Å². The fraction of sp³-hybridized carbons (Fsp3) is 0.300.